The van der Waals surface area contributed by atoms with Crippen LogP contribution in [0.5, 0.6) is 0 Å². The van der Waals surface area contributed by atoms with E-state index in [-0.39, 0.29) is 11.8 Å². The minimum atomic E-state index is -0.307. The van der Waals surface area contributed by atoms with Crippen molar-refractivity contribution < 1.29 is 4.79 Å². The number of hydrogen-bond acceptors (Lipinski definition) is 3. The summed E-state index contributed by atoms with van der Waals surface area (Å²) in [6, 6.07) is 19.9. The van der Waals surface area contributed by atoms with Crippen molar-refractivity contribution in [3.63, 3.8) is 0 Å². The number of rotatable bonds is 6. The molecule has 1 amide bonds. The number of aryl methyl sites for hydroxylation is 1. The summed E-state index contributed by atoms with van der Waals surface area (Å²) in [7, 11) is 0. The van der Waals surface area contributed by atoms with Gasteiger partial charge in [-0.15, -0.1) is 10.2 Å². The molecule has 1 aliphatic heterocycles. The molecule has 144 valence electrons. The summed E-state index contributed by atoms with van der Waals surface area (Å²) >= 11 is 0. The highest BCUT2D eigenvalue weighted by molar-refractivity contribution is 5.87. The average Bonchev–Trinajstić information content (AvgIpc) is 2.96. The van der Waals surface area contributed by atoms with Gasteiger partial charge in [-0.2, -0.15) is 0 Å². The van der Waals surface area contributed by atoms with Crippen molar-refractivity contribution in [2.45, 2.75) is 44.6 Å². The zero-order valence-electron chi connectivity index (χ0n) is 16.1. The minimum Gasteiger partial charge on any atom is -0.355 e. The van der Waals surface area contributed by atoms with E-state index in [4.69, 9.17) is 0 Å². The molecule has 5 heteroatoms. The second kappa shape index (κ2) is 8.83. The fraction of sp³-hybridized carbons (Fsp3) is 0.348. The summed E-state index contributed by atoms with van der Waals surface area (Å²) in [6.07, 6.45) is 5.31. The van der Waals surface area contributed by atoms with Crippen LogP contribution in [0.3, 0.4) is 0 Å². The van der Waals surface area contributed by atoms with Crippen LogP contribution in [0.4, 0.5) is 0 Å². The second-order valence-electron chi connectivity index (χ2n) is 7.29. The maximum absolute atomic E-state index is 13.1. The standard InChI is InChI=1S/C23H26N4O/c28-23(22(18-10-4-1-5-11-18)19-12-6-2-7-13-19)24-16-15-21-26-25-20-14-8-3-9-17-27(20)21/h1-2,4-7,10-13,22H,3,8-9,14-17H2,(H,24,28). The van der Waals surface area contributed by atoms with Crippen LogP contribution in [-0.2, 0) is 24.2 Å². The van der Waals surface area contributed by atoms with E-state index in [0.29, 0.717) is 13.0 Å². The summed E-state index contributed by atoms with van der Waals surface area (Å²) in [5, 5.41) is 11.8. The molecule has 0 atom stereocenters. The third kappa shape index (κ3) is 4.14. The van der Waals surface area contributed by atoms with Crippen molar-refractivity contribution in [3.05, 3.63) is 83.4 Å². The Morgan fingerprint density at radius 2 is 1.61 bits per heavy atom. The molecular weight excluding hydrogens is 348 g/mol. The summed E-state index contributed by atoms with van der Waals surface area (Å²) in [4.78, 5) is 13.1. The normalized spacial score (nSPS) is 13.8. The zero-order valence-corrected chi connectivity index (χ0v) is 16.1. The molecule has 0 spiro atoms. The predicted octanol–water partition coefficient (Wildman–Crippen LogP) is 3.50. The van der Waals surface area contributed by atoms with Crippen LogP contribution in [0.2, 0.25) is 0 Å². The predicted molar refractivity (Wildman–Crippen MR) is 109 cm³/mol. The van der Waals surface area contributed by atoms with Gasteiger partial charge in [-0.1, -0.05) is 67.1 Å². The number of carbonyl (C=O) groups is 1. The van der Waals surface area contributed by atoms with E-state index in [1.54, 1.807) is 0 Å². The lowest BCUT2D eigenvalue weighted by atomic mass is 9.90. The summed E-state index contributed by atoms with van der Waals surface area (Å²) in [6.45, 7) is 1.55. The fourth-order valence-corrected chi connectivity index (χ4v) is 3.92. The molecule has 0 radical (unpaired) electrons. The van der Waals surface area contributed by atoms with E-state index in [0.717, 1.165) is 35.7 Å². The van der Waals surface area contributed by atoms with Crippen molar-refractivity contribution >= 4 is 5.91 Å². The smallest absolute Gasteiger partial charge is 0.232 e. The van der Waals surface area contributed by atoms with E-state index in [9.17, 15) is 4.79 Å². The Bertz CT molecular complexity index is 865. The van der Waals surface area contributed by atoms with Gasteiger partial charge in [-0.05, 0) is 24.0 Å². The van der Waals surface area contributed by atoms with Gasteiger partial charge >= 0.3 is 0 Å². The molecule has 2 heterocycles. The van der Waals surface area contributed by atoms with Gasteiger partial charge in [0.25, 0.3) is 0 Å². The molecule has 0 fully saturated rings. The second-order valence-corrected chi connectivity index (χ2v) is 7.29. The van der Waals surface area contributed by atoms with Gasteiger partial charge in [0.2, 0.25) is 5.91 Å². The highest BCUT2D eigenvalue weighted by Gasteiger charge is 2.22. The lowest BCUT2D eigenvalue weighted by Crippen LogP contribution is -2.32. The number of nitrogens with zero attached hydrogens (tertiary/aromatic N) is 3. The number of fused-ring (bicyclic) bond motifs is 1. The monoisotopic (exact) mass is 374 g/mol. The lowest BCUT2D eigenvalue weighted by Gasteiger charge is -2.18. The van der Waals surface area contributed by atoms with Crippen LogP contribution in [0.1, 0.15) is 48.0 Å². The van der Waals surface area contributed by atoms with Crippen LogP contribution in [-0.4, -0.2) is 27.2 Å². The van der Waals surface area contributed by atoms with Gasteiger partial charge in [-0.25, -0.2) is 0 Å². The first-order chi connectivity index (χ1) is 13.8. The molecule has 0 saturated carbocycles. The molecule has 2 aromatic carbocycles. The third-order valence-corrected chi connectivity index (χ3v) is 5.36. The maximum Gasteiger partial charge on any atom is 0.232 e. The Morgan fingerprint density at radius 3 is 2.29 bits per heavy atom. The number of benzene rings is 2. The lowest BCUT2D eigenvalue weighted by molar-refractivity contribution is -0.121. The molecule has 1 N–H and O–H groups in total. The van der Waals surface area contributed by atoms with Gasteiger partial charge < -0.3 is 9.88 Å². The van der Waals surface area contributed by atoms with Crippen molar-refractivity contribution in [3.8, 4) is 0 Å². The van der Waals surface area contributed by atoms with E-state index in [1.807, 2.05) is 60.7 Å². The Kier molecular flexibility index (Phi) is 5.80. The molecule has 4 rings (SSSR count). The molecule has 3 aromatic rings. The van der Waals surface area contributed by atoms with Crippen molar-refractivity contribution in [1.29, 1.82) is 0 Å². The van der Waals surface area contributed by atoms with Gasteiger partial charge in [0, 0.05) is 25.9 Å². The van der Waals surface area contributed by atoms with Crippen molar-refractivity contribution in [2.75, 3.05) is 6.54 Å². The molecule has 0 saturated heterocycles. The number of nitrogens with one attached hydrogen (secondary N) is 1. The molecule has 1 aliphatic rings. The van der Waals surface area contributed by atoms with Gasteiger partial charge in [0.15, 0.2) is 0 Å². The Labute approximate surface area is 165 Å². The number of carbonyl (C=O) groups excluding carboxylic acids is 1. The Hall–Kier alpha value is -2.95. The zero-order chi connectivity index (χ0) is 19.2. The van der Waals surface area contributed by atoms with E-state index < -0.39 is 0 Å². The quantitative estimate of drug-likeness (QED) is 0.718. The Balaban J connectivity index is 1.45. The molecular formula is C23H26N4O. The topological polar surface area (TPSA) is 59.8 Å². The van der Waals surface area contributed by atoms with Gasteiger partial charge in [-0.3, -0.25) is 4.79 Å². The Morgan fingerprint density at radius 1 is 0.929 bits per heavy atom. The molecule has 0 aliphatic carbocycles. The fourth-order valence-electron chi connectivity index (χ4n) is 3.92. The molecule has 28 heavy (non-hydrogen) atoms. The minimum absolute atomic E-state index is 0.0213. The molecule has 0 bridgehead atoms. The number of hydrogen-bond donors (Lipinski definition) is 1. The number of amides is 1. The van der Waals surface area contributed by atoms with Crippen LogP contribution >= 0.6 is 0 Å². The van der Waals surface area contributed by atoms with Gasteiger partial charge in [0.1, 0.15) is 11.6 Å². The van der Waals surface area contributed by atoms with Crippen molar-refractivity contribution in [2.24, 2.45) is 0 Å². The van der Waals surface area contributed by atoms with Gasteiger partial charge in [0.05, 0.1) is 5.92 Å². The largest absolute Gasteiger partial charge is 0.355 e. The van der Waals surface area contributed by atoms with E-state index >= 15 is 0 Å². The molecule has 0 unspecified atom stereocenters. The molecule has 1 aromatic heterocycles. The first-order valence-electron chi connectivity index (χ1n) is 10.1. The summed E-state index contributed by atoms with van der Waals surface area (Å²) in [5.41, 5.74) is 2.00. The highest BCUT2D eigenvalue weighted by Crippen LogP contribution is 2.24. The van der Waals surface area contributed by atoms with Crippen LogP contribution in [0.15, 0.2) is 60.7 Å². The van der Waals surface area contributed by atoms with Crippen LogP contribution < -0.4 is 5.32 Å². The summed E-state index contributed by atoms with van der Waals surface area (Å²) < 4.78 is 2.24. The van der Waals surface area contributed by atoms with Crippen molar-refractivity contribution in [1.82, 2.24) is 20.1 Å². The maximum atomic E-state index is 13.1. The highest BCUT2D eigenvalue weighted by atomic mass is 16.1. The summed E-state index contributed by atoms with van der Waals surface area (Å²) in [5.74, 6) is 1.78. The molecule has 5 nitrogen and oxygen atoms in total. The van der Waals surface area contributed by atoms with Crippen LogP contribution in [0.25, 0.3) is 0 Å². The van der Waals surface area contributed by atoms with Crippen LogP contribution in [0, 0.1) is 0 Å². The first kappa shape index (κ1) is 18.4. The van der Waals surface area contributed by atoms with E-state index in [2.05, 4.69) is 20.1 Å². The first-order valence-corrected chi connectivity index (χ1v) is 10.1. The van der Waals surface area contributed by atoms with E-state index in [1.165, 1.54) is 19.3 Å². The average molecular weight is 374 g/mol. The third-order valence-electron chi connectivity index (χ3n) is 5.36. The number of aromatic nitrogens is 3. The SMILES string of the molecule is O=C(NCCc1nnc2n1CCCCC2)C(c1ccccc1)c1ccccc1.